The lowest BCUT2D eigenvalue weighted by Gasteiger charge is -2.25. The number of nitrogens with one attached hydrogen (secondary N) is 1. The van der Waals surface area contributed by atoms with Gasteiger partial charge in [0.15, 0.2) is 0 Å². The molecule has 1 rings (SSSR count). The molecule has 0 radical (unpaired) electrons. The molecule has 1 heterocycles. The van der Waals surface area contributed by atoms with Crippen molar-refractivity contribution in [2.45, 2.75) is 39.7 Å². The Kier molecular flexibility index (Phi) is 4.73. The second kappa shape index (κ2) is 5.69. The molecule has 2 amide bonds. The maximum Gasteiger partial charge on any atom is 0.239 e. The van der Waals surface area contributed by atoms with Gasteiger partial charge in [-0.2, -0.15) is 0 Å². The van der Waals surface area contributed by atoms with E-state index in [1.807, 2.05) is 20.8 Å². The van der Waals surface area contributed by atoms with E-state index < -0.39 is 11.5 Å². The first-order chi connectivity index (χ1) is 8.30. The molecule has 0 spiro atoms. The van der Waals surface area contributed by atoms with E-state index >= 15 is 0 Å². The van der Waals surface area contributed by atoms with Gasteiger partial charge in [-0.25, -0.2) is 0 Å². The van der Waals surface area contributed by atoms with Crippen molar-refractivity contribution in [2.75, 3.05) is 20.1 Å². The normalized spacial score (nSPS) is 25.3. The number of amides is 2. The molecular weight excluding hydrogens is 230 g/mol. The molecule has 3 N–H and O–H groups in total. The lowest BCUT2D eigenvalue weighted by atomic mass is 9.89. The summed E-state index contributed by atoms with van der Waals surface area (Å²) in [6.07, 6.45) is 1.39. The molecule has 0 aliphatic carbocycles. The molecule has 5 nitrogen and oxygen atoms in total. The van der Waals surface area contributed by atoms with E-state index in [-0.39, 0.29) is 11.8 Å². The Bertz CT molecular complexity index is 330. The van der Waals surface area contributed by atoms with E-state index in [2.05, 4.69) is 5.32 Å². The molecule has 1 fully saturated rings. The van der Waals surface area contributed by atoms with Gasteiger partial charge in [0.25, 0.3) is 0 Å². The Morgan fingerprint density at radius 1 is 1.44 bits per heavy atom. The van der Waals surface area contributed by atoms with E-state index in [4.69, 9.17) is 5.73 Å². The lowest BCUT2D eigenvalue weighted by Crippen LogP contribution is -2.46. The number of hydrogen-bond donors (Lipinski definition) is 2. The molecule has 0 aromatic carbocycles. The largest absolute Gasteiger partial charge is 0.359 e. The number of nitrogens with zero attached hydrogens (tertiary/aromatic N) is 1. The predicted molar refractivity (Wildman–Crippen MR) is 70.8 cm³/mol. The zero-order valence-electron chi connectivity index (χ0n) is 11.8. The quantitative estimate of drug-likeness (QED) is 0.761. The van der Waals surface area contributed by atoms with Gasteiger partial charge in [-0.15, -0.1) is 0 Å². The maximum absolute atomic E-state index is 12.1. The molecule has 2 atom stereocenters. The van der Waals surface area contributed by atoms with Crippen LogP contribution in [0.1, 0.15) is 33.6 Å². The smallest absolute Gasteiger partial charge is 0.239 e. The van der Waals surface area contributed by atoms with Crippen molar-refractivity contribution >= 4 is 11.8 Å². The molecule has 18 heavy (non-hydrogen) atoms. The zero-order chi connectivity index (χ0) is 13.9. The van der Waals surface area contributed by atoms with Crippen molar-refractivity contribution in [3.05, 3.63) is 0 Å². The van der Waals surface area contributed by atoms with Crippen LogP contribution in [0.5, 0.6) is 0 Å². The maximum atomic E-state index is 12.1. The first kappa shape index (κ1) is 15.0. The number of likely N-dealkylation sites (tertiary alicyclic amines) is 1. The van der Waals surface area contributed by atoms with Crippen LogP contribution in [-0.4, -0.2) is 42.9 Å². The summed E-state index contributed by atoms with van der Waals surface area (Å²) in [7, 11) is 1.63. The second-order valence-corrected chi connectivity index (χ2v) is 5.89. The van der Waals surface area contributed by atoms with E-state index in [1.54, 1.807) is 11.9 Å². The topological polar surface area (TPSA) is 75.4 Å². The number of carbonyl (C=O) groups excluding carboxylic acids is 2. The van der Waals surface area contributed by atoms with Crippen molar-refractivity contribution in [3.63, 3.8) is 0 Å². The number of nitrogens with two attached hydrogens (primary N) is 1. The molecular formula is C13H25N3O2. The minimum absolute atomic E-state index is 0.00442. The summed E-state index contributed by atoms with van der Waals surface area (Å²) in [5, 5.41) is 2.66. The minimum atomic E-state index is -0.470. The van der Waals surface area contributed by atoms with E-state index in [9.17, 15) is 9.59 Å². The number of carbonyl (C=O) groups is 2. The van der Waals surface area contributed by atoms with Crippen LogP contribution in [0, 0.1) is 11.3 Å². The molecule has 1 aliphatic rings. The van der Waals surface area contributed by atoms with Crippen LogP contribution >= 0.6 is 0 Å². The summed E-state index contributed by atoms with van der Waals surface area (Å²) < 4.78 is 0. The molecule has 0 aromatic rings. The fourth-order valence-corrected chi connectivity index (χ4v) is 2.48. The summed E-state index contributed by atoms with van der Waals surface area (Å²) in [4.78, 5) is 25.6. The Morgan fingerprint density at radius 2 is 2.06 bits per heavy atom. The van der Waals surface area contributed by atoms with Gasteiger partial charge in [0.05, 0.1) is 11.5 Å². The highest BCUT2D eigenvalue weighted by Crippen LogP contribution is 2.30. The zero-order valence-corrected chi connectivity index (χ0v) is 11.8. The molecule has 0 aromatic heterocycles. The third-order valence-corrected chi connectivity index (χ3v) is 3.60. The summed E-state index contributed by atoms with van der Waals surface area (Å²) in [5.74, 6) is 0.364. The summed E-state index contributed by atoms with van der Waals surface area (Å²) in [6, 6.07) is -0.447. The standard InChI is InChI=1S/C13H25N3O2/c1-9(2)7-10(14)11(17)16-6-5-13(3,8-16)12(18)15-4/h9-10H,5-8,14H2,1-4H3,(H,15,18)/t10-,13?/m0/s1. The van der Waals surface area contributed by atoms with Crippen LogP contribution in [-0.2, 0) is 9.59 Å². The highest BCUT2D eigenvalue weighted by atomic mass is 16.2. The highest BCUT2D eigenvalue weighted by molar-refractivity contribution is 5.86. The molecule has 0 bridgehead atoms. The van der Waals surface area contributed by atoms with Crippen molar-refractivity contribution in [3.8, 4) is 0 Å². The Morgan fingerprint density at radius 3 is 2.56 bits per heavy atom. The van der Waals surface area contributed by atoms with Crippen LogP contribution < -0.4 is 11.1 Å². The third kappa shape index (κ3) is 3.22. The van der Waals surface area contributed by atoms with Crippen LogP contribution in [0.4, 0.5) is 0 Å². The van der Waals surface area contributed by atoms with Gasteiger partial charge in [-0.05, 0) is 25.7 Å². The van der Waals surface area contributed by atoms with Crippen LogP contribution in [0.2, 0.25) is 0 Å². The minimum Gasteiger partial charge on any atom is -0.359 e. The van der Waals surface area contributed by atoms with Crippen LogP contribution in [0.3, 0.4) is 0 Å². The number of hydrogen-bond acceptors (Lipinski definition) is 3. The van der Waals surface area contributed by atoms with E-state index in [1.165, 1.54) is 0 Å². The summed E-state index contributed by atoms with van der Waals surface area (Å²) >= 11 is 0. The average molecular weight is 255 g/mol. The summed E-state index contributed by atoms with van der Waals surface area (Å²) in [6.45, 7) is 7.08. The first-order valence-electron chi connectivity index (χ1n) is 6.56. The highest BCUT2D eigenvalue weighted by Gasteiger charge is 2.42. The van der Waals surface area contributed by atoms with Gasteiger partial charge < -0.3 is 16.0 Å². The Hall–Kier alpha value is -1.10. The SMILES string of the molecule is CNC(=O)C1(C)CCN(C(=O)[C@@H](N)CC(C)C)C1. The number of rotatable bonds is 4. The van der Waals surface area contributed by atoms with Crippen molar-refractivity contribution in [1.82, 2.24) is 10.2 Å². The van der Waals surface area contributed by atoms with Gasteiger partial charge in [0.2, 0.25) is 11.8 Å². The van der Waals surface area contributed by atoms with Gasteiger partial charge in [-0.3, -0.25) is 9.59 Å². The van der Waals surface area contributed by atoms with Crippen molar-refractivity contribution in [1.29, 1.82) is 0 Å². The third-order valence-electron chi connectivity index (χ3n) is 3.60. The Balaban J connectivity index is 2.61. The van der Waals surface area contributed by atoms with Gasteiger partial charge >= 0.3 is 0 Å². The molecule has 5 heteroatoms. The van der Waals surface area contributed by atoms with E-state index in [0.29, 0.717) is 31.8 Å². The fraction of sp³-hybridized carbons (Fsp3) is 0.846. The van der Waals surface area contributed by atoms with Crippen LogP contribution in [0.15, 0.2) is 0 Å². The second-order valence-electron chi connectivity index (χ2n) is 5.89. The molecule has 1 unspecified atom stereocenters. The van der Waals surface area contributed by atoms with Crippen molar-refractivity contribution in [2.24, 2.45) is 17.1 Å². The average Bonchev–Trinajstić information content (AvgIpc) is 2.70. The molecule has 104 valence electrons. The van der Waals surface area contributed by atoms with Gasteiger partial charge in [0.1, 0.15) is 0 Å². The predicted octanol–water partition coefficient (Wildman–Crippen LogP) is 0.344. The van der Waals surface area contributed by atoms with Gasteiger partial charge in [0, 0.05) is 20.1 Å². The monoisotopic (exact) mass is 255 g/mol. The molecule has 0 saturated carbocycles. The van der Waals surface area contributed by atoms with Gasteiger partial charge in [-0.1, -0.05) is 13.8 Å². The van der Waals surface area contributed by atoms with Crippen LogP contribution in [0.25, 0.3) is 0 Å². The first-order valence-corrected chi connectivity index (χ1v) is 6.56. The summed E-state index contributed by atoms with van der Waals surface area (Å²) in [5.41, 5.74) is 5.43. The van der Waals surface area contributed by atoms with E-state index in [0.717, 1.165) is 0 Å². The molecule has 1 saturated heterocycles. The van der Waals surface area contributed by atoms with Crippen molar-refractivity contribution < 1.29 is 9.59 Å². The molecule has 1 aliphatic heterocycles. The lowest BCUT2D eigenvalue weighted by molar-refractivity contribution is -0.133. The fourth-order valence-electron chi connectivity index (χ4n) is 2.48. The Labute approximate surface area is 109 Å².